The quantitative estimate of drug-likeness (QED) is 0.491. The van der Waals surface area contributed by atoms with Crippen LogP contribution in [0.5, 0.6) is 0 Å². The van der Waals surface area contributed by atoms with E-state index < -0.39 is 5.97 Å². The van der Waals surface area contributed by atoms with E-state index in [9.17, 15) is 9.59 Å². The first-order valence-corrected chi connectivity index (χ1v) is 6.62. The van der Waals surface area contributed by atoms with Crippen molar-refractivity contribution >= 4 is 26.3 Å². The number of ketones is 1. The molecule has 2 aromatic rings. The molecule has 0 unspecified atom stereocenters. The number of furan rings is 1. The Morgan fingerprint density at radius 1 is 1.18 bits per heavy atom. The maximum absolute atomic E-state index is 12.0. The number of ether oxygens (including phenoxy) is 1. The number of carbonyl (C=O) groups excluding carboxylic acids is 2. The second-order valence-electron chi connectivity index (χ2n) is 3.39. The molecule has 0 bridgehead atoms. The van der Waals surface area contributed by atoms with Crippen LogP contribution in [0.2, 0.25) is 0 Å². The molecule has 0 saturated carbocycles. The Kier molecular flexibility index (Phi) is 3.31. The summed E-state index contributed by atoms with van der Waals surface area (Å²) in [6, 6.07) is 6.68. The van der Waals surface area contributed by atoms with Gasteiger partial charge in [-0.05, 0) is 0 Å². The van der Waals surface area contributed by atoms with Gasteiger partial charge in [-0.25, -0.2) is 0 Å². The van der Waals surface area contributed by atoms with Crippen LogP contribution in [0.25, 0.3) is 0 Å². The Bertz CT molecular complexity index is 565. The fourth-order valence-corrected chi connectivity index (χ4v) is 3.05. The zero-order valence-corrected chi connectivity index (χ0v) is 11.1. The van der Waals surface area contributed by atoms with Gasteiger partial charge in [0, 0.05) is 0 Å². The van der Waals surface area contributed by atoms with Crippen LogP contribution >= 0.6 is 0 Å². The third kappa shape index (κ3) is 2.40. The molecule has 0 saturated heterocycles. The van der Waals surface area contributed by atoms with Gasteiger partial charge in [-0.15, -0.1) is 0 Å². The second kappa shape index (κ2) is 4.73. The van der Waals surface area contributed by atoms with Crippen molar-refractivity contribution in [3.63, 3.8) is 0 Å². The van der Waals surface area contributed by atoms with Gasteiger partial charge in [-0.1, -0.05) is 0 Å². The molecule has 17 heavy (non-hydrogen) atoms. The molecule has 0 N–H and O–H groups in total. The van der Waals surface area contributed by atoms with Gasteiger partial charge < -0.3 is 0 Å². The van der Waals surface area contributed by atoms with Crippen molar-refractivity contribution in [1.82, 2.24) is 0 Å². The van der Waals surface area contributed by atoms with Crippen molar-refractivity contribution in [3.8, 4) is 0 Å². The molecule has 0 fully saturated rings. The van der Waals surface area contributed by atoms with E-state index in [1.807, 2.05) is 13.0 Å². The van der Waals surface area contributed by atoms with E-state index >= 15 is 0 Å². The summed E-state index contributed by atoms with van der Waals surface area (Å²) in [5, 5.41) is 0. The van der Waals surface area contributed by atoms with Gasteiger partial charge >= 0.3 is 104 Å². The Labute approximate surface area is 104 Å². The van der Waals surface area contributed by atoms with Gasteiger partial charge in [0.05, 0.1) is 0 Å². The molecule has 2 rings (SSSR count). The number of carbonyl (C=O) groups is 2. The Morgan fingerprint density at radius 3 is 2.47 bits per heavy atom. The van der Waals surface area contributed by atoms with E-state index in [4.69, 9.17) is 4.42 Å². The monoisotopic (exact) mass is 298 g/mol. The zero-order valence-electron chi connectivity index (χ0n) is 9.35. The Balaban J connectivity index is 2.26. The molecule has 0 atom stereocenters. The molecule has 2 heterocycles. The molecule has 0 aliphatic heterocycles. The van der Waals surface area contributed by atoms with Crippen molar-refractivity contribution in [2.24, 2.45) is 0 Å². The molecule has 0 aliphatic rings. The number of methoxy groups -OCH3 is 1. The molecular formula is C12H10O4Se. The molecule has 88 valence electrons. The first-order chi connectivity index (χ1) is 8.11. The van der Waals surface area contributed by atoms with Crippen molar-refractivity contribution in [2.45, 2.75) is 6.92 Å². The number of hydrogen-bond donors (Lipinski definition) is 0. The van der Waals surface area contributed by atoms with Crippen LogP contribution < -0.4 is 0 Å². The van der Waals surface area contributed by atoms with Gasteiger partial charge in [0.25, 0.3) is 0 Å². The molecule has 2 aromatic heterocycles. The van der Waals surface area contributed by atoms with Crippen LogP contribution in [0.4, 0.5) is 0 Å². The summed E-state index contributed by atoms with van der Waals surface area (Å²) in [6.45, 7) is 1.98. The standard InChI is InChI=1S/C12H10O4Se/c1-7-3-6-10(17-7)11(13)8-4-5-9(16-8)12(14)15-2/h3-6H,1-2H3. The Hall–Kier alpha value is -1.58. The van der Waals surface area contributed by atoms with Gasteiger partial charge in [0.2, 0.25) is 0 Å². The minimum atomic E-state index is -0.579. The Morgan fingerprint density at radius 2 is 1.88 bits per heavy atom. The van der Waals surface area contributed by atoms with E-state index in [0.717, 1.165) is 4.44 Å². The first kappa shape index (κ1) is 11.9. The number of esters is 1. The van der Waals surface area contributed by atoms with Crippen molar-refractivity contribution < 1.29 is 18.7 Å². The minimum absolute atomic E-state index is 0.0478. The SMILES string of the molecule is COC(=O)c1ccc(C(=O)c2ccc(C)[se]2)o1. The molecular weight excluding hydrogens is 287 g/mol. The average molecular weight is 297 g/mol. The normalized spacial score (nSPS) is 10.2. The van der Waals surface area contributed by atoms with E-state index in [2.05, 4.69) is 4.74 Å². The summed E-state index contributed by atoms with van der Waals surface area (Å²) in [7, 11) is 1.27. The van der Waals surface area contributed by atoms with Crippen molar-refractivity contribution in [3.05, 3.63) is 44.7 Å². The summed E-state index contributed by atoms with van der Waals surface area (Å²) < 4.78 is 11.6. The third-order valence-electron chi connectivity index (χ3n) is 2.18. The maximum atomic E-state index is 12.0. The number of hydrogen-bond acceptors (Lipinski definition) is 4. The predicted octanol–water partition coefficient (Wildman–Crippen LogP) is 1.66. The van der Waals surface area contributed by atoms with E-state index in [-0.39, 0.29) is 31.8 Å². The fourth-order valence-electron chi connectivity index (χ4n) is 1.35. The van der Waals surface area contributed by atoms with Crippen molar-refractivity contribution in [2.75, 3.05) is 7.11 Å². The van der Waals surface area contributed by atoms with Gasteiger partial charge in [-0.3, -0.25) is 0 Å². The van der Waals surface area contributed by atoms with Crippen LogP contribution in [0.1, 0.15) is 30.0 Å². The third-order valence-corrected chi connectivity index (χ3v) is 4.28. The molecule has 0 radical (unpaired) electrons. The molecule has 0 amide bonds. The van der Waals surface area contributed by atoms with E-state index in [1.165, 1.54) is 23.7 Å². The van der Waals surface area contributed by atoms with Crippen LogP contribution in [0, 0.1) is 6.92 Å². The van der Waals surface area contributed by atoms with E-state index in [0.29, 0.717) is 0 Å². The van der Waals surface area contributed by atoms with Gasteiger partial charge in [0.1, 0.15) is 0 Å². The molecule has 0 aliphatic carbocycles. The summed E-state index contributed by atoms with van der Waals surface area (Å²) in [4.78, 5) is 23.2. The topological polar surface area (TPSA) is 56.5 Å². The summed E-state index contributed by atoms with van der Waals surface area (Å²) in [5.41, 5.74) is 0. The summed E-state index contributed by atoms with van der Waals surface area (Å²) in [6.07, 6.45) is 0. The summed E-state index contributed by atoms with van der Waals surface area (Å²) >= 11 is 0.0648. The predicted molar refractivity (Wildman–Crippen MR) is 61.6 cm³/mol. The van der Waals surface area contributed by atoms with Crippen LogP contribution in [-0.2, 0) is 4.74 Å². The first-order valence-electron chi connectivity index (χ1n) is 4.91. The van der Waals surface area contributed by atoms with Gasteiger partial charge in [0.15, 0.2) is 0 Å². The summed E-state index contributed by atoms with van der Waals surface area (Å²) in [5.74, 6) is -0.509. The molecule has 4 nitrogen and oxygen atoms in total. The fraction of sp³-hybridized carbons (Fsp3) is 0.167. The molecule has 5 heteroatoms. The second-order valence-corrected chi connectivity index (χ2v) is 6.10. The van der Waals surface area contributed by atoms with Crippen LogP contribution in [0.15, 0.2) is 28.7 Å². The average Bonchev–Trinajstić information content (AvgIpc) is 2.95. The zero-order chi connectivity index (χ0) is 12.4. The number of aryl methyl sites for hydroxylation is 1. The molecule has 0 spiro atoms. The van der Waals surface area contributed by atoms with Crippen LogP contribution in [0.3, 0.4) is 0 Å². The van der Waals surface area contributed by atoms with Gasteiger partial charge in [-0.2, -0.15) is 0 Å². The number of rotatable bonds is 3. The van der Waals surface area contributed by atoms with E-state index in [1.54, 1.807) is 6.07 Å². The molecule has 0 aromatic carbocycles. The van der Waals surface area contributed by atoms with Crippen molar-refractivity contribution in [1.29, 1.82) is 0 Å². The van der Waals surface area contributed by atoms with Crippen LogP contribution in [-0.4, -0.2) is 33.4 Å².